The van der Waals surface area contributed by atoms with Gasteiger partial charge in [-0.1, -0.05) is 13.3 Å². The topological polar surface area (TPSA) is 64.3 Å². The molecular weight excluding hydrogens is 216 g/mol. The van der Waals surface area contributed by atoms with E-state index in [9.17, 15) is 4.79 Å². The van der Waals surface area contributed by atoms with Gasteiger partial charge in [-0.15, -0.1) is 0 Å². The molecule has 2 fully saturated rings. The molecule has 0 unspecified atom stereocenters. The lowest BCUT2D eigenvalue weighted by Gasteiger charge is -2.38. The predicted octanol–water partition coefficient (Wildman–Crippen LogP) is 1.05. The van der Waals surface area contributed by atoms with Crippen LogP contribution in [0, 0.1) is 11.3 Å². The van der Waals surface area contributed by atoms with E-state index in [2.05, 4.69) is 12.2 Å². The summed E-state index contributed by atoms with van der Waals surface area (Å²) in [5, 5.41) is 3.07. The zero-order chi connectivity index (χ0) is 12.5. The van der Waals surface area contributed by atoms with Gasteiger partial charge < -0.3 is 15.8 Å². The molecule has 98 valence electrons. The summed E-state index contributed by atoms with van der Waals surface area (Å²) in [6.45, 7) is 3.04. The van der Waals surface area contributed by atoms with Gasteiger partial charge in [-0.25, -0.2) is 0 Å². The fraction of sp³-hybridized carbons (Fsp3) is 0.923. The van der Waals surface area contributed by atoms with Crippen molar-refractivity contribution in [3.05, 3.63) is 0 Å². The number of hydrogen-bond acceptors (Lipinski definition) is 3. The minimum atomic E-state index is -0.0661. The quantitative estimate of drug-likeness (QED) is 0.772. The average molecular weight is 240 g/mol. The summed E-state index contributed by atoms with van der Waals surface area (Å²) in [5.41, 5.74) is 6.32. The van der Waals surface area contributed by atoms with Crippen molar-refractivity contribution in [1.29, 1.82) is 0 Å². The minimum absolute atomic E-state index is 0.0471. The van der Waals surface area contributed by atoms with Crippen LogP contribution in [0.1, 0.15) is 39.0 Å². The standard InChI is InChI=1S/C13H24N2O2/c1-13(4-3-5-13)8-15-12(16)10-6-9(17-2)7-11(10)14/h9-11H,3-8,14H2,1-2H3,(H,15,16)/t9-,10-,11+/m1/s1. The van der Waals surface area contributed by atoms with Gasteiger partial charge in [0.15, 0.2) is 0 Å². The molecule has 17 heavy (non-hydrogen) atoms. The lowest BCUT2D eigenvalue weighted by atomic mass is 9.70. The molecule has 1 amide bonds. The van der Waals surface area contributed by atoms with Crippen molar-refractivity contribution < 1.29 is 9.53 Å². The van der Waals surface area contributed by atoms with Gasteiger partial charge in [0.05, 0.1) is 12.0 Å². The number of carbonyl (C=O) groups is 1. The van der Waals surface area contributed by atoms with Crippen LogP contribution in [0.25, 0.3) is 0 Å². The maximum atomic E-state index is 12.1. The van der Waals surface area contributed by atoms with Crippen molar-refractivity contribution in [1.82, 2.24) is 5.32 Å². The number of carbonyl (C=O) groups excluding carboxylic acids is 1. The third kappa shape index (κ3) is 2.80. The molecule has 0 saturated heterocycles. The molecule has 2 aliphatic rings. The third-order valence-corrected chi connectivity index (χ3v) is 4.49. The number of nitrogens with two attached hydrogens (primary N) is 1. The SMILES string of the molecule is CO[C@H]1C[C@H](N)[C@H](C(=O)NCC2(C)CCC2)C1. The van der Waals surface area contributed by atoms with Gasteiger partial charge >= 0.3 is 0 Å². The fourth-order valence-corrected chi connectivity index (χ4v) is 2.90. The molecule has 0 spiro atoms. The number of hydrogen-bond donors (Lipinski definition) is 2. The molecule has 0 aromatic carbocycles. The third-order valence-electron chi connectivity index (χ3n) is 4.49. The Morgan fingerprint density at radius 2 is 2.18 bits per heavy atom. The van der Waals surface area contributed by atoms with Gasteiger partial charge in [-0.3, -0.25) is 4.79 Å². The molecule has 0 heterocycles. The summed E-state index contributed by atoms with van der Waals surface area (Å²) >= 11 is 0. The summed E-state index contributed by atoms with van der Waals surface area (Å²) in [6.07, 6.45) is 5.46. The van der Waals surface area contributed by atoms with E-state index in [-0.39, 0.29) is 24.0 Å². The van der Waals surface area contributed by atoms with Crippen molar-refractivity contribution in [3.8, 4) is 0 Å². The molecule has 0 aromatic rings. The smallest absolute Gasteiger partial charge is 0.224 e. The minimum Gasteiger partial charge on any atom is -0.381 e. The van der Waals surface area contributed by atoms with E-state index in [0.717, 1.165) is 19.4 Å². The number of methoxy groups -OCH3 is 1. The maximum absolute atomic E-state index is 12.1. The molecule has 4 nitrogen and oxygen atoms in total. The van der Waals surface area contributed by atoms with Gasteiger partial charge in [-0.2, -0.15) is 0 Å². The monoisotopic (exact) mass is 240 g/mol. The summed E-state index contributed by atoms with van der Waals surface area (Å²) < 4.78 is 5.28. The van der Waals surface area contributed by atoms with Crippen LogP contribution >= 0.6 is 0 Å². The van der Waals surface area contributed by atoms with Crippen LogP contribution in [-0.2, 0) is 9.53 Å². The molecule has 2 rings (SSSR count). The van der Waals surface area contributed by atoms with Crippen LogP contribution in [0.2, 0.25) is 0 Å². The molecule has 0 bridgehead atoms. The van der Waals surface area contributed by atoms with Crippen LogP contribution in [0.15, 0.2) is 0 Å². The summed E-state index contributed by atoms with van der Waals surface area (Å²) in [5.74, 6) is 0.0498. The first-order chi connectivity index (χ1) is 8.04. The van der Waals surface area contributed by atoms with Crippen LogP contribution in [-0.4, -0.2) is 31.7 Å². The van der Waals surface area contributed by atoms with Crippen molar-refractivity contribution in [3.63, 3.8) is 0 Å². The van der Waals surface area contributed by atoms with Crippen molar-refractivity contribution in [2.75, 3.05) is 13.7 Å². The first-order valence-corrected chi connectivity index (χ1v) is 6.60. The zero-order valence-electron chi connectivity index (χ0n) is 10.9. The Balaban J connectivity index is 1.79. The van der Waals surface area contributed by atoms with E-state index in [0.29, 0.717) is 5.41 Å². The largest absolute Gasteiger partial charge is 0.381 e. The zero-order valence-corrected chi connectivity index (χ0v) is 10.9. The molecule has 4 heteroatoms. The molecule has 0 radical (unpaired) electrons. The van der Waals surface area contributed by atoms with Gasteiger partial charge in [-0.05, 0) is 31.1 Å². The Kier molecular flexibility index (Phi) is 3.73. The van der Waals surface area contributed by atoms with Crippen LogP contribution < -0.4 is 11.1 Å². The fourth-order valence-electron chi connectivity index (χ4n) is 2.90. The number of rotatable bonds is 4. The number of ether oxygens (including phenoxy) is 1. The molecular formula is C13H24N2O2. The van der Waals surface area contributed by atoms with Gasteiger partial charge in [0.2, 0.25) is 5.91 Å². The first kappa shape index (κ1) is 12.8. The summed E-state index contributed by atoms with van der Waals surface area (Å²) in [4.78, 5) is 12.1. The van der Waals surface area contributed by atoms with Crippen LogP contribution in [0.4, 0.5) is 0 Å². The van der Waals surface area contributed by atoms with Crippen LogP contribution in [0.3, 0.4) is 0 Å². The highest BCUT2D eigenvalue weighted by molar-refractivity contribution is 5.79. The van der Waals surface area contributed by atoms with Crippen LogP contribution in [0.5, 0.6) is 0 Å². The molecule has 3 N–H and O–H groups in total. The highest BCUT2D eigenvalue weighted by atomic mass is 16.5. The Labute approximate surface area is 103 Å². The molecule has 3 atom stereocenters. The Morgan fingerprint density at radius 1 is 1.47 bits per heavy atom. The average Bonchev–Trinajstić information content (AvgIpc) is 2.65. The van der Waals surface area contributed by atoms with E-state index in [4.69, 9.17) is 10.5 Å². The van der Waals surface area contributed by atoms with Gasteiger partial charge in [0.25, 0.3) is 0 Å². The normalized spacial score (nSPS) is 35.4. The van der Waals surface area contributed by atoms with Crippen molar-refractivity contribution in [2.24, 2.45) is 17.1 Å². The number of nitrogens with one attached hydrogen (secondary N) is 1. The summed E-state index contributed by atoms with van der Waals surface area (Å²) in [7, 11) is 1.69. The predicted molar refractivity (Wildman–Crippen MR) is 66.5 cm³/mol. The molecule has 0 aliphatic heterocycles. The first-order valence-electron chi connectivity index (χ1n) is 6.60. The Morgan fingerprint density at radius 3 is 2.65 bits per heavy atom. The Hall–Kier alpha value is -0.610. The lowest BCUT2D eigenvalue weighted by molar-refractivity contribution is -0.126. The van der Waals surface area contributed by atoms with Crippen molar-refractivity contribution in [2.45, 2.75) is 51.2 Å². The van der Waals surface area contributed by atoms with E-state index in [1.165, 1.54) is 19.3 Å². The van der Waals surface area contributed by atoms with Gasteiger partial charge in [0.1, 0.15) is 0 Å². The highest BCUT2D eigenvalue weighted by Crippen LogP contribution is 2.39. The molecule has 0 aromatic heterocycles. The van der Waals surface area contributed by atoms with E-state index in [1.807, 2.05) is 0 Å². The highest BCUT2D eigenvalue weighted by Gasteiger charge is 2.38. The second kappa shape index (κ2) is 4.94. The van der Waals surface area contributed by atoms with E-state index in [1.54, 1.807) is 7.11 Å². The second-order valence-electron chi connectivity index (χ2n) is 5.98. The van der Waals surface area contributed by atoms with Gasteiger partial charge in [0, 0.05) is 19.7 Å². The Bertz CT molecular complexity index is 289. The lowest BCUT2D eigenvalue weighted by Crippen LogP contribution is -2.44. The van der Waals surface area contributed by atoms with E-state index >= 15 is 0 Å². The number of amides is 1. The van der Waals surface area contributed by atoms with Crippen molar-refractivity contribution >= 4 is 5.91 Å². The molecule has 2 saturated carbocycles. The second-order valence-corrected chi connectivity index (χ2v) is 5.98. The summed E-state index contributed by atoms with van der Waals surface area (Å²) in [6, 6.07) is -0.0471. The maximum Gasteiger partial charge on any atom is 0.224 e. The van der Waals surface area contributed by atoms with E-state index < -0.39 is 0 Å². The molecule has 2 aliphatic carbocycles.